The summed E-state index contributed by atoms with van der Waals surface area (Å²) in [6, 6.07) is 13.7. The molecule has 0 unspecified atom stereocenters. The molecule has 0 fully saturated rings. The van der Waals surface area contributed by atoms with Crippen molar-refractivity contribution in [2.24, 2.45) is 7.05 Å². The molecule has 0 aliphatic heterocycles. The average Bonchev–Trinajstić information content (AvgIpc) is 3.01. The third-order valence-electron chi connectivity index (χ3n) is 4.07. The normalized spacial score (nSPS) is 12.6. The highest BCUT2D eigenvalue weighted by atomic mass is 35.5. The molecule has 0 saturated heterocycles. The molecule has 152 valence electrons. The first-order valence-corrected chi connectivity index (χ1v) is 11.7. The van der Waals surface area contributed by atoms with Gasteiger partial charge in [-0.25, -0.2) is 8.42 Å². The Labute approximate surface area is 178 Å². The Hall–Kier alpha value is -2.36. The molecule has 0 aliphatic rings. The van der Waals surface area contributed by atoms with Crippen molar-refractivity contribution in [1.29, 1.82) is 0 Å². The number of Topliss-reactive ketones (excluding diaryl/α,β-unsaturated/α-hetero) is 1. The summed E-state index contributed by atoms with van der Waals surface area (Å²) in [7, 11) is -1.54. The van der Waals surface area contributed by atoms with Gasteiger partial charge in [-0.2, -0.15) is 0 Å². The van der Waals surface area contributed by atoms with Gasteiger partial charge < -0.3 is 4.57 Å². The number of halogens is 1. The molecule has 1 aromatic heterocycles. The molecule has 0 bridgehead atoms. The van der Waals surface area contributed by atoms with E-state index in [1.54, 1.807) is 41.8 Å². The first kappa shape index (κ1) is 21.4. The number of carbonyl (C=O) groups excluding carboxylic acids is 1. The lowest BCUT2D eigenvalue weighted by Crippen LogP contribution is -2.15. The molecule has 0 saturated carbocycles. The van der Waals surface area contributed by atoms with Crippen molar-refractivity contribution in [3.63, 3.8) is 0 Å². The Balaban J connectivity index is 1.74. The second-order valence-corrected chi connectivity index (χ2v) is 9.88. The molecule has 1 atom stereocenters. The average molecular weight is 451 g/mol. The lowest BCUT2D eigenvalue weighted by molar-refractivity contribution is 0.0994. The van der Waals surface area contributed by atoms with Crippen LogP contribution in [0.2, 0.25) is 5.02 Å². The summed E-state index contributed by atoms with van der Waals surface area (Å²) in [6.45, 7) is 1.79. The summed E-state index contributed by atoms with van der Waals surface area (Å²) in [5.41, 5.74) is 1.66. The Bertz CT molecular complexity index is 1140. The van der Waals surface area contributed by atoms with Crippen molar-refractivity contribution >= 4 is 44.9 Å². The highest BCUT2D eigenvalue weighted by molar-refractivity contribution is 8.00. The van der Waals surface area contributed by atoms with Gasteiger partial charge in [0.15, 0.2) is 16.8 Å². The number of nitrogens with zero attached hydrogens (tertiary/aromatic N) is 3. The van der Waals surface area contributed by atoms with Gasteiger partial charge in [-0.15, -0.1) is 10.2 Å². The molecule has 0 radical (unpaired) electrons. The van der Waals surface area contributed by atoms with Gasteiger partial charge in [0.2, 0.25) is 10.0 Å². The van der Waals surface area contributed by atoms with E-state index in [0.29, 0.717) is 27.3 Å². The van der Waals surface area contributed by atoms with Gasteiger partial charge >= 0.3 is 0 Å². The number of ketones is 1. The number of benzene rings is 2. The minimum atomic E-state index is -3.36. The molecule has 29 heavy (non-hydrogen) atoms. The van der Waals surface area contributed by atoms with Gasteiger partial charge in [0.25, 0.3) is 0 Å². The Morgan fingerprint density at radius 1 is 1.14 bits per heavy atom. The zero-order valence-corrected chi connectivity index (χ0v) is 18.3. The van der Waals surface area contributed by atoms with Crippen LogP contribution in [0.25, 0.3) is 11.4 Å². The molecule has 1 N–H and O–H groups in total. The number of rotatable bonds is 7. The first-order chi connectivity index (χ1) is 13.7. The molecule has 0 aliphatic carbocycles. The van der Waals surface area contributed by atoms with E-state index in [4.69, 9.17) is 11.6 Å². The van der Waals surface area contributed by atoms with Crippen molar-refractivity contribution in [2.75, 3.05) is 11.0 Å². The first-order valence-electron chi connectivity index (χ1n) is 8.59. The fourth-order valence-corrected chi connectivity index (χ4v) is 4.33. The number of thioether (sulfide) groups is 1. The molecule has 10 heteroatoms. The Kier molecular flexibility index (Phi) is 6.30. The minimum absolute atomic E-state index is 0.0943. The van der Waals surface area contributed by atoms with Crippen molar-refractivity contribution in [3.05, 3.63) is 59.1 Å². The second kappa shape index (κ2) is 8.56. The number of anilines is 1. The van der Waals surface area contributed by atoms with Crippen molar-refractivity contribution in [2.45, 2.75) is 17.3 Å². The highest BCUT2D eigenvalue weighted by Gasteiger charge is 2.21. The lowest BCUT2D eigenvalue weighted by Gasteiger charge is -2.11. The predicted octanol–water partition coefficient (Wildman–Crippen LogP) is 3.87. The quantitative estimate of drug-likeness (QED) is 0.433. The number of nitrogens with one attached hydrogen (secondary N) is 1. The van der Waals surface area contributed by atoms with Gasteiger partial charge in [0, 0.05) is 23.9 Å². The van der Waals surface area contributed by atoms with E-state index >= 15 is 0 Å². The Morgan fingerprint density at radius 3 is 2.41 bits per heavy atom. The Morgan fingerprint density at radius 2 is 1.79 bits per heavy atom. The van der Waals surface area contributed by atoms with Crippen LogP contribution >= 0.6 is 23.4 Å². The summed E-state index contributed by atoms with van der Waals surface area (Å²) in [4.78, 5) is 12.7. The number of aromatic nitrogens is 3. The third-order valence-corrected chi connectivity index (χ3v) is 6.14. The molecule has 3 aromatic rings. The zero-order chi connectivity index (χ0) is 21.2. The van der Waals surface area contributed by atoms with Crippen LogP contribution in [0.3, 0.4) is 0 Å². The van der Waals surface area contributed by atoms with E-state index in [-0.39, 0.29) is 5.78 Å². The van der Waals surface area contributed by atoms with E-state index in [9.17, 15) is 13.2 Å². The maximum atomic E-state index is 12.7. The standard InChI is InChI=1S/C19H19ClN4O3S2/c1-12(17(25)13-8-10-14(11-9-13)23-29(3,26)27)28-19-22-21-18(24(19)2)15-6-4-5-7-16(15)20/h4-12,23H,1-3H3/t12-/m0/s1. The van der Waals surface area contributed by atoms with E-state index in [2.05, 4.69) is 14.9 Å². The monoisotopic (exact) mass is 450 g/mol. The molecule has 0 spiro atoms. The molecule has 3 rings (SSSR count). The van der Waals surface area contributed by atoms with Gasteiger partial charge in [0.05, 0.1) is 16.5 Å². The maximum Gasteiger partial charge on any atom is 0.229 e. The van der Waals surface area contributed by atoms with Crippen LogP contribution in [0.15, 0.2) is 53.7 Å². The molecular formula is C19H19ClN4O3S2. The summed E-state index contributed by atoms with van der Waals surface area (Å²) < 4.78 is 26.7. The van der Waals surface area contributed by atoms with Gasteiger partial charge in [0.1, 0.15) is 0 Å². The van der Waals surface area contributed by atoms with Crippen LogP contribution in [0.4, 0.5) is 5.69 Å². The molecular weight excluding hydrogens is 432 g/mol. The van der Waals surface area contributed by atoms with Gasteiger partial charge in [-0.3, -0.25) is 9.52 Å². The zero-order valence-electron chi connectivity index (χ0n) is 16.0. The van der Waals surface area contributed by atoms with E-state index in [1.807, 2.05) is 25.2 Å². The minimum Gasteiger partial charge on any atom is -0.305 e. The van der Waals surface area contributed by atoms with Crippen LogP contribution < -0.4 is 4.72 Å². The number of hydrogen-bond acceptors (Lipinski definition) is 6. The van der Waals surface area contributed by atoms with Crippen molar-refractivity contribution in [1.82, 2.24) is 14.8 Å². The number of hydrogen-bond donors (Lipinski definition) is 1. The van der Waals surface area contributed by atoms with Crippen molar-refractivity contribution < 1.29 is 13.2 Å². The maximum absolute atomic E-state index is 12.7. The van der Waals surface area contributed by atoms with Crippen LogP contribution in [0.1, 0.15) is 17.3 Å². The third kappa shape index (κ3) is 5.17. The molecule has 1 heterocycles. The van der Waals surface area contributed by atoms with Gasteiger partial charge in [-0.05, 0) is 43.3 Å². The van der Waals surface area contributed by atoms with Crippen LogP contribution in [-0.2, 0) is 17.1 Å². The number of carbonyl (C=O) groups is 1. The van der Waals surface area contributed by atoms with E-state index < -0.39 is 15.3 Å². The molecule has 0 amide bonds. The molecule has 2 aromatic carbocycles. The summed E-state index contributed by atoms with van der Waals surface area (Å²) in [5.74, 6) is 0.525. The summed E-state index contributed by atoms with van der Waals surface area (Å²) in [5, 5.41) is 9.16. The smallest absolute Gasteiger partial charge is 0.229 e. The molecule has 7 nitrogen and oxygen atoms in total. The fraction of sp³-hybridized carbons (Fsp3) is 0.211. The van der Waals surface area contributed by atoms with E-state index in [1.165, 1.54) is 11.8 Å². The SMILES string of the molecule is C[C@H](Sc1nnc(-c2ccccc2Cl)n1C)C(=O)c1ccc(NS(C)(=O)=O)cc1. The second-order valence-electron chi connectivity index (χ2n) is 6.42. The number of sulfonamides is 1. The highest BCUT2D eigenvalue weighted by Crippen LogP contribution is 2.30. The predicted molar refractivity (Wildman–Crippen MR) is 116 cm³/mol. The largest absolute Gasteiger partial charge is 0.305 e. The van der Waals surface area contributed by atoms with E-state index in [0.717, 1.165) is 11.8 Å². The summed E-state index contributed by atoms with van der Waals surface area (Å²) >= 11 is 7.54. The van der Waals surface area contributed by atoms with Crippen LogP contribution in [0, 0.1) is 0 Å². The van der Waals surface area contributed by atoms with Gasteiger partial charge in [-0.1, -0.05) is 35.5 Å². The summed E-state index contributed by atoms with van der Waals surface area (Å²) in [6.07, 6.45) is 1.07. The van der Waals surface area contributed by atoms with Crippen molar-refractivity contribution in [3.8, 4) is 11.4 Å². The van der Waals surface area contributed by atoms with Crippen LogP contribution in [-0.4, -0.2) is 40.5 Å². The fourth-order valence-electron chi connectivity index (χ4n) is 2.66. The lowest BCUT2D eigenvalue weighted by atomic mass is 10.1. The topological polar surface area (TPSA) is 93.9 Å². The van der Waals surface area contributed by atoms with Crippen LogP contribution in [0.5, 0.6) is 0 Å².